The molecule has 1 aromatic heterocycles. The summed E-state index contributed by atoms with van der Waals surface area (Å²) in [5.74, 6) is -0.625. The number of esters is 1. The molecule has 0 aromatic carbocycles. The van der Waals surface area contributed by atoms with Gasteiger partial charge in [0.2, 0.25) is 0 Å². The Balaban J connectivity index is 2.95. The van der Waals surface area contributed by atoms with Gasteiger partial charge < -0.3 is 15.6 Å². The first-order chi connectivity index (χ1) is 6.16. The molecule has 1 heterocycles. The van der Waals surface area contributed by atoms with Crippen LogP contribution in [0.2, 0.25) is 0 Å². The molecule has 1 aromatic rings. The molecule has 70 valence electrons. The van der Waals surface area contributed by atoms with Gasteiger partial charge in [-0.15, -0.1) is 0 Å². The molecule has 5 heteroatoms. The zero-order chi connectivity index (χ0) is 9.84. The smallest absolute Gasteiger partial charge is 0.339 e. The Hall–Kier alpha value is -1.62. The van der Waals surface area contributed by atoms with E-state index >= 15 is 0 Å². The number of nitrogen functional groups attached to an aromatic ring is 1. The van der Waals surface area contributed by atoms with Crippen molar-refractivity contribution in [3.05, 3.63) is 23.9 Å². The van der Waals surface area contributed by atoms with E-state index < -0.39 is 12.1 Å². The van der Waals surface area contributed by atoms with E-state index in [4.69, 9.17) is 5.73 Å². The number of hydrogen-bond acceptors (Lipinski definition) is 5. The number of hydrogen-bond donors (Lipinski definition) is 2. The van der Waals surface area contributed by atoms with Crippen LogP contribution in [0.15, 0.2) is 18.3 Å². The van der Waals surface area contributed by atoms with E-state index in [1.165, 1.54) is 19.4 Å². The molecule has 13 heavy (non-hydrogen) atoms. The van der Waals surface area contributed by atoms with Crippen LogP contribution in [-0.4, -0.2) is 23.2 Å². The second-order valence-electron chi connectivity index (χ2n) is 2.40. The number of nitrogens with two attached hydrogens (primary N) is 1. The van der Waals surface area contributed by atoms with Crippen molar-refractivity contribution >= 4 is 11.8 Å². The fourth-order valence-electron chi connectivity index (χ4n) is 0.900. The number of methoxy groups -OCH3 is 1. The van der Waals surface area contributed by atoms with Crippen LogP contribution in [0.1, 0.15) is 11.7 Å². The molecule has 0 saturated heterocycles. The van der Waals surface area contributed by atoms with Gasteiger partial charge in [0.05, 0.1) is 7.11 Å². The van der Waals surface area contributed by atoms with E-state index in [-0.39, 0.29) is 11.4 Å². The van der Waals surface area contributed by atoms with E-state index in [0.29, 0.717) is 0 Å². The van der Waals surface area contributed by atoms with Gasteiger partial charge in [-0.1, -0.05) is 6.07 Å². The Morgan fingerprint density at radius 2 is 2.46 bits per heavy atom. The molecule has 1 unspecified atom stereocenters. The maximum absolute atomic E-state index is 10.9. The standard InChI is InChI=1S/C8H10N2O3/c1-13-8(12)6(11)5-3-2-4-10-7(5)9/h2-4,6,11H,1H3,(H2,9,10). The van der Waals surface area contributed by atoms with E-state index in [0.717, 1.165) is 0 Å². The van der Waals surface area contributed by atoms with E-state index in [9.17, 15) is 9.90 Å². The SMILES string of the molecule is COC(=O)C(O)c1cccnc1N. The maximum Gasteiger partial charge on any atom is 0.339 e. The van der Waals surface area contributed by atoms with Crippen LogP contribution in [0.5, 0.6) is 0 Å². The number of aliphatic hydroxyl groups is 1. The van der Waals surface area contributed by atoms with Gasteiger partial charge in [0.15, 0.2) is 6.10 Å². The quantitative estimate of drug-likeness (QED) is 0.622. The maximum atomic E-state index is 10.9. The summed E-state index contributed by atoms with van der Waals surface area (Å²) in [5, 5.41) is 9.38. The third kappa shape index (κ3) is 1.94. The van der Waals surface area contributed by atoms with Gasteiger partial charge in [-0.3, -0.25) is 0 Å². The Labute approximate surface area is 75.2 Å². The molecule has 0 aliphatic carbocycles. The van der Waals surface area contributed by atoms with Gasteiger partial charge in [-0.25, -0.2) is 9.78 Å². The first-order valence-corrected chi connectivity index (χ1v) is 3.63. The van der Waals surface area contributed by atoms with E-state index in [1.54, 1.807) is 6.07 Å². The molecule has 5 nitrogen and oxygen atoms in total. The Morgan fingerprint density at radius 3 is 3.00 bits per heavy atom. The predicted molar refractivity (Wildman–Crippen MR) is 45.6 cm³/mol. The number of pyridine rings is 1. The summed E-state index contributed by atoms with van der Waals surface area (Å²) >= 11 is 0. The lowest BCUT2D eigenvalue weighted by Crippen LogP contribution is -2.15. The van der Waals surface area contributed by atoms with Crippen molar-refractivity contribution in [2.45, 2.75) is 6.10 Å². The molecule has 3 N–H and O–H groups in total. The fourth-order valence-corrected chi connectivity index (χ4v) is 0.900. The molecule has 0 amide bonds. The second kappa shape index (κ2) is 3.86. The summed E-state index contributed by atoms with van der Waals surface area (Å²) in [5.41, 5.74) is 5.69. The van der Waals surface area contributed by atoms with Crippen LogP contribution in [0.3, 0.4) is 0 Å². The van der Waals surface area contributed by atoms with Crippen LogP contribution in [-0.2, 0) is 9.53 Å². The van der Waals surface area contributed by atoms with Crippen molar-refractivity contribution in [3.8, 4) is 0 Å². The summed E-state index contributed by atoms with van der Waals surface area (Å²) < 4.78 is 4.35. The molecule has 1 rings (SSSR count). The molecule has 0 aliphatic heterocycles. The summed E-state index contributed by atoms with van der Waals surface area (Å²) in [6.45, 7) is 0. The molecule has 0 aliphatic rings. The molecule has 0 fully saturated rings. The highest BCUT2D eigenvalue weighted by Gasteiger charge is 2.20. The number of carbonyl (C=O) groups is 1. The average Bonchev–Trinajstić information content (AvgIpc) is 2.16. The van der Waals surface area contributed by atoms with Crippen molar-refractivity contribution in [3.63, 3.8) is 0 Å². The third-order valence-electron chi connectivity index (χ3n) is 1.59. The van der Waals surface area contributed by atoms with Crippen molar-refractivity contribution in [1.82, 2.24) is 4.98 Å². The largest absolute Gasteiger partial charge is 0.467 e. The number of ether oxygens (including phenoxy) is 1. The normalized spacial score (nSPS) is 12.2. The van der Waals surface area contributed by atoms with Gasteiger partial charge in [0.25, 0.3) is 0 Å². The zero-order valence-corrected chi connectivity index (χ0v) is 7.10. The fraction of sp³-hybridized carbons (Fsp3) is 0.250. The van der Waals surface area contributed by atoms with Crippen LogP contribution < -0.4 is 5.73 Å². The van der Waals surface area contributed by atoms with Gasteiger partial charge >= 0.3 is 5.97 Å². The van der Waals surface area contributed by atoms with Crippen LogP contribution in [0.25, 0.3) is 0 Å². The summed E-state index contributed by atoms with van der Waals surface area (Å²) in [6.07, 6.45) is 0.113. The number of aliphatic hydroxyl groups excluding tert-OH is 1. The lowest BCUT2D eigenvalue weighted by molar-refractivity contribution is -0.150. The topological polar surface area (TPSA) is 85.4 Å². The molecule has 1 atom stereocenters. The van der Waals surface area contributed by atoms with Crippen LogP contribution in [0, 0.1) is 0 Å². The number of rotatable bonds is 2. The molecule has 0 radical (unpaired) electrons. The van der Waals surface area contributed by atoms with Gasteiger partial charge in [0, 0.05) is 11.8 Å². The monoisotopic (exact) mass is 182 g/mol. The Morgan fingerprint density at radius 1 is 1.77 bits per heavy atom. The predicted octanol–water partition coefficient (Wildman–Crippen LogP) is -0.130. The second-order valence-corrected chi connectivity index (χ2v) is 2.40. The van der Waals surface area contributed by atoms with Crippen LogP contribution in [0.4, 0.5) is 5.82 Å². The minimum Gasteiger partial charge on any atom is -0.467 e. The zero-order valence-electron chi connectivity index (χ0n) is 7.10. The summed E-state index contributed by atoms with van der Waals surface area (Å²) in [7, 11) is 1.19. The first kappa shape index (κ1) is 9.47. The minimum absolute atomic E-state index is 0.125. The summed E-state index contributed by atoms with van der Waals surface area (Å²) in [6, 6.07) is 3.10. The van der Waals surface area contributed by atoms with Gasteiger partial charge in [0.1, 0.15) is 5.82 Å². The number of anilines is 1. The Bertz CT molecular complexity index is 314. The van der Waals surface area contributed by atoms with Crippen LogP contribution >= 0.6 is 0 Å². The van der Waals surface area contributed by atoms with Crippen molar-refractivity contribution in [2.24, 2.45) is 0 Å². The highest BCUT2D eigenvalue weighted by Crippen LogP contribution is 2.18. The molecular formula is C8H10N2O3. The highest BCUT2D eigenvalue weighted by molar-refractivity contribution is 5.77. The van der Waals surface area contributed by atoms with Crippen molar-refractivity contribution in [1.29, 1.82) is 0 Å². The van der Waals surface area contributed by atoms with E-state index in [2.05, 4.69) is 9.72 Å². The molecular weight excluding hydrogens is 172 g/mol. The minimum atomic E-state index is -1.36. The Kier molecular flexibility index (Phi) is 2.81. The molecule has 0 bridgehead atoms. The third-order valence-corrected chi connectivity index (χ3v) is 1.59. The van der Waals surface area contributed by atoms with E-state index in [1.807, 2.05) is 0 Å². The first-order valence-electron chi connectivity index (χ1n) is 3.63. The lowest BCUT2D eigenvalue weighted by atomic mass is 10.1. The summed E-state index contributed by atoms with van der Waals surface area (Å²) in [4.78, 5) is 14.6. The number of aromatic nitrogens is 1. The van der Waals surface area contributed by atoms with Crippen molar-refractivity contribution < 1.29 is 14.6 Å². The number of carbonyl (C=O) groups excluding carboxylic acids is 1. The molecule has 0 saturated carbocycles. The highest BCUT2D eigenvalue weighted by atomic mass is 16.5. The lowest BCUT2D eigenvalue weighted by Gasteiger charge is -2.09. The average molecular weight is 182 g/mol. The van der Waals surface area contributed by atoms with Gasteiger partial charge in [-0.2, -0.15) is 0 Å². The number of nitrogens with zero attached hydrogens (tertiary/aromatic N) is 1. The van der Waals surface area contributed by atoms with Gasteiger partial charge in [-0.05, 0) is 6.07 Å². The van der Waals surface area contributed by atoms with Crippen molar-refractivity contribution in [2.75, 3.05) is 12.8 Å². The molecule has 0 spiro atoms.